The van der Waals surface area contributed by atoms with E-state index in [2.05, 4.69) is 93.1 Å². The molecule has 0 amide bonds. The van der Waals surface area contributed by atoms with Crippen LogP contribution in [0.25, 0.3) is 0 Å². The van der Waals surface area contributed by atoms with Gasteiger partial charge in [0.15, 0.2) is 0 Å². The molecular weight excluding hydrogens is 454 g/mol. The van der Waals surface area contributed by atoms with E-state index in [1.54, 1.807) is 0 Å². The molecule has 0 aromatic heterocycles. The van der Waals surface area contributed by atoms with Crippen molar-refractivity contribution in [3.63, 3.8) is 0 Å². The molecule has 6 atom stereocenters. The van der Waals surface area contributed by atoms with Gasteiger partial charge >= 0.3 is 0 Å². The minimum absolute atomic E-state index is 0.0129. The van der Waals surface area contributed by atoms with Crippen molar-refractivity contribution in [2.75, 3.05) is 0 Å². The van der Waals surface area contributed by atoms with E-state index >= 15 is 0 Å². The van der Waals surface area contributed by atoms with E-state index in [0.717, 1.165) is 19.3 Å². The number of hydrogen-bond donors (Lipinski definition) is 1. The van der Waals surface area contributed by atoms with Crippen molar-refractivity contribution < 1.29 is 8.63 Å². The lowest BCUT2D eigenvalue weighted by atomic mass is 10.0. The standard InChI is InChI=1S/C29H43NO2SSi/c1-8-26(30-33(31)28(2,3)4)27-24-19-21(20-25(24)27)32-34(29(5,6)7,22-15-11-9-12-16-22)23-17-13-10-14-18-23/h9-18,21,24-27,30H,8,19-20H2,1-7H3/t21?,24-,25+,26?,27?,33?. The summed E-state index contributed by atoms with van der Waals surface area (Å²) < 4.78 is 23.4. The van der Waals surface area contributed by atoms with Crippen LogP contribution < -0.4 is 15.1 Å². The van der Waals surface area contributed by atoms with E-state index in [4.69, 9.17) is 4.43 Å². The summed E-state index contributed by atoms with van der Waals surface area (Å²) in [6, 6.07) is 22.3. The average Bonchev–Trinajstić information content (AvgIpc) is 3.28. The number of hydrogen-bond acceptors (Lipinski definition) is 2. The second-order valence-electron chi connectivity index (χ2n) is 12.3. The summed E-state index contributed by atoms with van der Waals surface area (Å²) in [5.74, 6) is 2.02. The van der Waals surface area contributed by atoms with Crippen molar-refractivity contribution in [3.05, 3.63) is 60.7 Å². The molecule has 34 heavy (non-hydrogen) atoms. The minimum Gasteiger partial charge on any atom is -0.404 e. The summed E-state index contributed by atoms with van der Waals surface area (Å²) >= 11 is 0. The van der Waals surface area contributed by atoms with E-state index in [-0.39, 0.29) is 9.79 Å². The Bertz CT molecular complexity index is 931. The molecule has 5 heteroatoms. The zero-order valence-corrected chi connectivity index (χ0v) is 23.8. The van der Waals surface area contributed by atoms with Gasteiger partial charge in [-0.05, 0) is 73.2 Å². The fourth-order valence-electron chi connectivity index (χ4n) is 6.22. The zero-order valence-electron chi connectivity index (χ0n) is 22.0. The lowest BCUT2D eigenvalue weighted by molar-refractivity contribution is 0.169. The monoisotopic (exact) mass is 497 g/mol. The zero-order chi connectivity index (χ0) is 24.7. The molecule has 2 aliphatic rings. The SMILES string of the molecule is CCC(NS(=O)C(C)(C)C)C1[C@H]2CC(O[Si](c3ccccc3)(c3ccccc3)C(C)(C)C)C[C@@H]12. The largest absolute Gasteiger partial charge is 0.404 e. The Morgan fingerprint density at radius 3 is 1.76 bits per heavy atom. The molecule has 4 unspecified atom stereocenters. The van der Waals surface area contributed by atoms with Crippen LogP contribution in [-0.4, -0.2) is 29.4 Å². The second-order valence-corrected chi connectivity index (χ2v) is 18.5. The van der Waals surface area contributed by atoms with Crippen molar-refractivity contribution in [2.24, 2.45) is 17.8 Å². The van der Waals surface area contributed by atoms with E-state index in [1.807, 2.05) is 20.8 Å². The Morgan fingerprint density at radius 2 is 1.38 bits per heavy atom. The van der Waals surface area contributed by atoms with Gasteiger partial charge in [0.2, 0.25) is 0 Å². The van der Waals surface area contributed by atoms with Crippen LogP contribution in [0.2, 0.25) is 5.04 Å². The summed E-state index contributed by atoms with van der Waals surface area (Å²) in [4.78, 5) is 0. The Morgan fingerprint density at radius 1 is 0.912 bits per heavy atom. The number of nitrogens with one attached hydrogen (secondary N) is 1. The summed E-state index contributed by atoms with van der Waals surface area (Å²) in [6.45, 7) is 15.4. The quantitative estimate of drug-likeness (QED) is 0.495. The van der Waals surface area contributed by atoms with E-state index in [0.29, 0.717) is 29.9 Å². The molecule has 0 aliphatic heterocycles. The summed E-state index contributed by atoms with van der Waals surface area (Å²) in [6.07, 6.45) is 3.57. The lowest BCUT2D eigenvalue weighted by Gasteiger charge is -2.45. The Kier molecular flexibility index (Phi) is 7.32. The summed E-state index contributed by atoms with van der Waals surface area (Å²) in [5.41, 5.74) is 0. The maximum atomic E-state index is 12.7. The van der Waals surface area contributed by atoms with Crippen molar-refractivity contribution in [2.45, 2.75) is 89.7 Å². The second kappa shape index (κ2) is 9.65. The van der Waals surface area contributed by atoms with E-state index in [1.165, 1.54) is 10.4 Å². The van der Waals surface area contributed by atoms with Crippen LogP contribution in [0.1, 0.15) is 67.7 Å². The fraction of sp³-hybridized carbons (Fsp3) is 0.586. The third kappa shape index (κ3) is 4.86. The van der Waals surface area contributed by atoms with Gasteiger partial charge in [-0.15, -0.1) is 0 Å². The van der Waals surface area contributed by atoms with Gasteiger partial charge in [-0.25, -0.2) is 8.93 Å². The molecule has 2 aromatic rings. The van der Waals surface area contributed by atoms with Crippen LogP contribution in [0.3, 0.4) is 0 Å². The first-order valence-electron chi connectivity index (χ1n) is 13.0. The lowest BCUT2D eigenvalue weighted by Crippen LogP contribution is -2.67. The molecule has 0 radical (unpaired) electrons. The molecule has 0 bridgehead atoms. The molecule has 0 spiro atoms. The molecule has 2 aliphatic carbocycles. The van der Waals surface area contributed by atoms with Crippen LogP contribution in [-0.2, 0) is 15.4 Å². The normalized spacial score (nSPS) is 26.7. The average molecular weight is 498 g/mol. The minimum atomic E-state index is -2.50. The number of benzene rings is 2. The molecule has 2 aromatic carbocycles. The van der Waals surface area contributed by atoms with Crippen molar-refractivity contribution in [1.29, 1.82) is 0 Å². The highest BCUT2D eigenvalue weighted by Crippen LogP contribution is 2.60. The Labute approximate surface area is 210 Å². The molecule has 1 N–H and O–H groups in total. The Balaban J connectivity index is 1.55. The molecule has 0 saturated heterocycles. The van der Waals surface area contributed by atoms with Crippen LogP contribution in [0, 0.1) is 17.8 Å². The molecule has 4 rings (SSSR count). The highest BCUT2D eigenvalue weighted by molar-refractivity contribution is 7.84. The van der Waals surface area contributed by atoms with Gasteiger partial charge in [-0.1, -0.05) is 88.4 Å². The van der Waals surface area contributed by atoms with Crippen molar-refractivity contribution in [3.8, 4) is 0 Å². The molecule has 0 heterocycles. The van der Waals surface area contributed by atoms with Crippen LogP contribution >= 0.6 is 0 Å². The highest BCUT2D eigenvalue weighted by Gasteiger charge is 2.61. The van der Waals surface area contributed by atoms with Gasteiger partial charge < -0.3 is 4.43 Å². The van der Waals surface area contributed by atoms with E-state index in [9.17, 15) is 4.21 Å². The summed E-state index contributed by atoms with van der Waals surface area (Å²) in [5, 5.41) is 2.73. The van der Waals surface area contributed by atoms with Crippen molar-refractivity contribution >= 4 is 29.7 Å². The first kappa shape index (κ1) is 25.8. The van der Waals surface area contributed by atoms with Crippen LogP contribution in [0.5, 0.6) is 0 Å². The fourth-order valence-corrected chi connectivity index (χ4v) is 11.9. The molecule has 186 valence electrons. The maximum Gasteiger partial charge on any atom is 0.261 e. The third-order valence-corrected chi connectivity index (χ3v) is 14.7. The maximum absolute atomic E-state index is 12.7. The van der Waals surface area contributed by atoms with Crippen LogP contribution in [0.4, 0.5) is 0 Å². The predicted molar refractivity (Wildman–Crippen MR) is 147 cm³/mol. The topological polar surface area (TPSA) is 38.3 Å². The first-order chi connectivity index (χ1) is 16.0. The first-order valence-corrected chi connectivity index (χ1v) is 16.0. The molecule has 3 nitrogen and oxygen atoms in total. The summed E-state index contributed by atoms with van der Waals surface area (Å²) in [7, 11) is -3.51. The van der Waals surface area contributed by atoms with Gasteiger partial charge in [-0.3, -0.25) is 0 Å². The predicted octanol–water partition coefficient (Wildman–Crippen LogP) is 5.42. The van der Waals surface area contributed by atoms with Gasteiger partial charge in [-0.2, -0.15) is 0 Å². The number of rotatable bonds is 8. The van der Waals surface area contributed by atoms with Gasteiger partial charge in [0.25, 0.3) is 8.32 Å². The van der Waals surface area contributed by atoms with Gasteiger partial charge in [0, 0.05) is 12.1 Å². The van der Waals surface area contributed by atoms with Gasteiger partial charge in [0.1, 0.15) is 0 Å². The molecular formula is C29H43NO2SSi. The van der Waals surface area contributed by atoms with E-state index < -0.39 is 19.3 Å². The third-order valence-electron chi connectivity index (χ3n) is 7.95. The molecule has 2 fully saturated rings. The smallest absolute Gasteiger partial charge is 0.261 e. The van der Waals surface area contributed by atoms with Gasteiger partial charge in [0.05, 0.1) is 15.7 Å². The molecule has 2 saturated carbocycles. The van der Waals surface area contributed by atoms with Crippen molar-refractivity contribution in [1.82, 2.24) is 4.72 Å². The van der Waals surface area contributed by atoms with Crippen LogP contribution in [0.15, 0.2) is 60.7 Å². The number of fused-ring (bicyclic) bond motifs is 1. The Hall–Kier alpha value is -1.27. The highest BCUT2D eigenvalue weighted by atomic mass is 32.2.